The van der Waals surface area contributed by atoms with Crippen molar-refractivity contribution in [3.05, 3.63) is 17.3 Å². The number of hydrogen-bond donors (Lipinski definition) is 0. The molecule has 0 aliphatic carbocycles. The summed E-state index contributed by atoms with van der Waals surface area (Å²) in [5.41, 5.74) is 0.535. The van der Waals surface area contributed by atoms with Gasteiger partial charge in [-0.05, 0) is 25.8 Å². The van der Waals surface area contributed by atoms with Crippen LogP contribution in [0.2, 0.25) is 0 Å². The first kappa shape index (κ1) is 10.3. The molecule has 5 heteroatoms. The Morgan fingerprint density at radius 1 is 1.47 bits per heavy atom. The van der Waals surface area contributed by atoms with Gasteiger partial charge in [-0.1, -0.05) is 5.16 Å². The van der Waals surface area contributed by atoms with Crippen LogP contribution in [0.25, 0.3) is 5.83 Å². The van der Waals surface area contributed by atoms with Crippen molar-refractivity contribution < 1.29 is 13.7 Å². The molecule has 2 rings (SSSR count). The van der Waals surface area contributed by atoms with Crippen LogP contribution >= 0.6 is 0 Å². The van der Waals surface area contributed by atoms with Crippen molar-refractivity contribution in [2.24, 2.45) is 0 Å². The van der Waals surface area contributed by atoms with Crippen LogP contribution in [0.4, 0.5) is 4.39 Å². The van der Waals surface area contributed by atoms with Crippen molar-refractivity contribution in [2.45, 2.75) is 26.2 Å². The summed E-state index contributed by atoms with van der Waals surface area (Å²) >= 11 is 0. The highest BCUT2D eigenvalue weighted by Crippen LogP contribution is 2.25. The lowest BCUT2D eigenvalue weighted by atomic mass is 10.1. The molecule has 0 amide bonds. The second-order valence-corrected chi connectivity index (χ2v) is 3.83. The Hall–Kier alpha value is -1.23. The van der Waals surface area contributed by atoms with E-state index in [2.05, 4.69) is 10.1 Å². The smallest absolute Gasteiger partial charge is 0.286 e. The number of rotatable bonds is 2. The Labute approximate surface area is 87.1 Å². The third-order valence-corrected chi connectivity index (χ3v) is 2.36. The van der Waals surface area contributed by atoms with E-state index in [0.717, 1.165) is 6.42 Å². The van der Waals surface area contributed by atoms with E-state index in [0.29, 0.717) is 24.6 Å². The van der Waals surface area contributed by atoms with E-state index in [1.54, 1.807) is 13.8 Å². The van der Waals surface area contributed by atoms with Crippen molar-refractivity contribution in [2.75, 3.05) is 13.2 Å². The highest BCUT2D eigenvalue weighted by atomic mass is 19.1. The molecule has 0 unspecified atom stereocenters. The molecule has 1 aromatic rings. The third kappa shape index (κ3) is 2.07. The minimum Gasteiger partial charge on any atom is -0.381 e. The van der Waals surface area contributed by atoms with Crippen molar-refractivity contribution in [3.8, 4) is 0 Å². The zero-order valence-corrected chi connectivity index (χ0v) is 8.79. The van der Waals surface area contributed by atoms with Crippen molar-refractivity contribution in [1.29, 1.82) is 0 Å². The third-order valence-electron chi connectivity index (χ3n) is 2.36. The van der Waals surface area contributed by atoms with Crippen LogP contribution in [0, 0.1) is 0 Å². The van der Waals surface area contributed by atoms with Gasteiger partial charge in [0.1, 0.15) is 0 Å². The molecule has 0 bridgehead atoms. The quantitative estimate of drug-likeness (QED) is 0.754. The minimum absolute atomic E-state index is 0.0306. The lowest BCUT2D eigenvalue weighted by Crippen LogP contribution is -1.99. The van der Waals surface area contributed by atoms with Crippen LogP contribution < -0.4 is 0 Å². The van der Waals surface area contributed by atoms with E-state index in [-0.39, 0.29) is 11.8 Å². The Morgan fingerprint density at radius 2 is 2.27 bits per heavy atom. The SMILES string of the molecule is CC(C)=C(F)c1nc([C@@H]2CCOC2)no1. The number of nitrogens with zero attached hydrogens (tertiary/aromatic N) is 2. The fraction of sp³-hybridized carbons (Fsp3) is 0.600. The standard InChI is InChI=1S/C10H13FN2O2/c1-6(2)8(11)10-12-9(13-15-10)7-3-4-14-5-7/h7H,3-5H2,1-2H3/t7-/m1/s1. The average Bonchev–Trinajstić information content (AvgIpc) is 2.86. The Morgan fingerprint density at radius 3 is 2.87 bits per heavy atom. The average molecular weight is 212 g/mol. The number of hydrogen-bond acceptors (Lipinski definition) is 4. The van der Waals surface area contributed by atoms with Gasteiger partial charge in [-0.15, -0.1) is 0 Å². The van der Waals surface area contributed by atoms with Gasteiger partial charge in [0.25, 0.3) is 5.89 Å². The molecule has 0 spiro atoms. The van der Waals surface area contributed by atoms with E-state index in [1.165, 1.54) is 0 Å². The molecule has 0 N–H and O–H groups in total. The highest BCUT2D eigenvalue weighted by molar-refractivity contribution is 5.53. The van der Waals surface area contributed by atoms with E-state index < -0.39 is 5.83 Å². The fourth-order valence-electron chi connectivity index (χ4n) is 1.44. The summed E-state index contributed by atoms with van der Waals surface area (Å²) in [5, 5.41) is 3.76. The van der Waals surface area contributed by atoms with E-state index in [9.17, 15) is 4.39 Å². The Balaban J connectivity index is 2.20. The van der Waals surface area contributed by atoms with E-state index in [1.807, 2.05) is 0 Å². The molecular formula is C10H13FN2O2. The number of ether oxygens (including phenoxy) is 1. The predicted molar refractivity (Wildman–Crippen MR) is 51.9 cm³/mol. The Bertz CT molecular complexity index is 377. The number of halogens is 1. The zero-order chi connectivity index (χ0) is 10.8. The van der Waals surface area contributed by atoms with Crippen LogP contribution in [-0.4, -0.2) is 23.4 Å². The minimum atomic E-state index is -0.437. The van der Waals surface area contributed by atoms with Crippen molar-refractivity contribution in [1.82, 2.24) is 10.1 Å². The molecule has 2 heterocycles. The topological polar surface area (TPSA) is 48.2 Å². The van der Waals surface area contributed by atoms with E-state index >= 15 is 0 Å². The predicted octanol–water partition coefficient (Wildman–Crippen LogP) is 2.29. The van der Waals surface area contributed by atoms with Crippen molar-refractivity contribution >= 4 is 5.83 Å². The van der Waals surface area contributed by atoms with Gasteiger partial charge in [-0.3, -0.25) is 0 Å². The Kier molecular flexibility index (Phi) is 2.81. The summed E-state index contributed by atoms with van der Waals surface area (Å²) in [5.74, 6) is 0.218. The second-order valence-electron chi connectivity index (χ2n) is 3.83. The lowest BCUT2D eigenvalue weighted by Gasteiger charge is -1.97. The summed E-state index contributed by atoms with van der Waals surface area (Å²) in [6.07, 6.45) is 0.870. The maximum absolute atomic E-state index is 13.4. The normalized spacial score (nSPS) is 20.6. The van der Waals surface area contributed by atoms with Gasteiger partial charge in [0.15, 0.2) is 11.7 Å². The number of allylic oxidation sites excluding steroid dienone is 1. The molecule has 1 saturated heterocycles. The first-order chi connectivity index (χ1) is 7.18. The number of aromatic nitrogens is 2. The molecule has 4 nitrogen and oxygen atoms in total. The van der Waals surface area contributed by atoms with Gasteiger partial charge < -0.3 is 9.26 Å². The molecule has 0 saturated carbocycles. The largest absolute Gasteiger partial charge is 0.381 e. The summed E-state index contributed by atoms with van der Waals surface area (Å²) in [7, 11) is 0. The van der Waals surface area contributed by atoms with E-state index in [4.69, 9.17) is 9.26 Å². The first-order valence-electron chi connectivity index (χ1n) is 4.93. The van der Waals surface area contributed by atoms with Crippen LogP contribution in [-0.2, 0) is 4.74 Å². The van der Waals surface area contributed by atoms with Gasteiger partial charge in [-0.25, -0.2) is 4.39 Å². The van der Waals surface area contributed by atoms with Crippen molar-refractivity contribution in [3.63, 3.8) is 0 Å². The van der Waals surface area contributed by atoms with Crippen LogP contribution in [0.3, 0.4) is 0 Å². The van der Waals surface area contributed by atoms with Gasteiger partial charge in [0.05, 0.1) is 6.61 Å². The monoisotopic (exact) mass is 212 g/mol. The van der Waals surface area contributed by atoms with Crippen LogP contribution in [0.5, 0.6) is 0 Å². The second kappa shape index (κ2) is 4.10. The van der Waals surface area contributed by atoms with Gasteiger partial charge >= 0.3 is 0 Å². The summed E-state index contributed by atoms with van der Waals surface area (Å²) in [4.78, 5) is 4.02. The molecule has 15 heavy (non-hydrogen) atoms. The lowest BCUT2D eigenvalue weighted by molar-refractivity contribution is 0.192. The van der Waals surface area contributed by atoms with Crippen LogP contribution in [0.1, 0.15) is 37.9 Å². The summed E-state index contributed by atoms with van der Waals surface area (Å²) < 4.78 is 23.5. The van der Waals surface area contributed by atoms with Gasteiger partial charge in [0, 0.05) is 12.5 Å². The maximum atomic E-state index is 13.4. The molecule has 1 aliphatic rings. The zero-order valence-electron chi connectivity index (χ0n) is 8.79. The molecule has 0 aromatic carbocycles. The molecule has 1 aliphatic heterocycles. The molecule has 1 atom stereocenters. The van der Waals surface area contributed by atoms with Gasteiger partial charge in [0.2, 0.25) is 0 Å². The fourth-order valence-corrected chi connectivity index (χ4v) is 1.44. The summed E-state index contributed by atoms with van der Waals surface area (Å²) in [6, 6.07) is 0. The maximum Gasteiger partial charge on any atom is 0.286 e. The molecule has 82 valence electrons. The molecule has 1 fully saturated rings. The summed E-state index contributed by atoms with van der Waals surface area (Å²) in [6.45, 7) is 4.63. The molecule has 1 aromatic heterocycles. The molecule has 0 radical (unpaired) electrons. The molecular weight excluding hydrogens is 199 g/mol. The van der Waals surface area contributed by atoms with Crippen LogP contribution in [0.15, 0.2) is 10.1 Å². The van der Waals surface area contributed by atoms with Gasteiger partial charge in [-0.2, -0.15) is 4.98 Å². The first-order valence-corrected chi connectivity index (χ1v) is 4.93. The highest BCUT2D eigenvalue weighted by Gasteiger charge is 2.24.